The number of rotatable bonds is 11. The summed E-state index contributed by atoms with van der Waals surface area (Å²) in [5.41, 5.74) is 2.37. The molecule has 7 heteroatoms. The van der Waals surface area contributed by atoms with Crippen LogP contribution in [0.4, 0.5) is 0 Å². The quantitative estimate of drug-likeness (QED) is 0.350. The van der Waals surface area contributed by atoms with Gasteiger partial charge in [0.15, 0.2) is 11.5 Å². The minimum Gasteiger partial charge on any atom is -0.493 e. The molecule has 1 aromatic rings. The van der Waals surface area contributed by atoms with E-state index >= 15 is 0 Å². The lowest BCUT2D eigenvalue weighted by Crippen LogP contribution is -2.47. The van der Waals surface area contributed by atoms with Gasteiger partial charge in [-0.05, 0) is 85.0 Å². The number of esters is 1. The summed E-state index contributed by atoms with van der Waals surface area (Å²) in [6.07, 6.45) is 9.21. The van der Waals surface area contributed by atoms with Gasteiger partial charge in [-0.25, -0.2) is 0 Å². The van der Waals surface area contributed by atoms with Crippen LogP contribution in [0.5, 0.6) is 11.5 Å². The van der Waals surface area contributed by atoms with Gasteiger partial charge in [-0.15, -0.1) is 0 Å². The zero-order valence-corrected chi connectivity index (χ0v) is 23.8. The zero-order valence-electron chi connectivity index (χ0n) is 23.8. The molecule has 212 valence electrons. The lowest BCUT2D eigenvalue weighted by Gasteiger charge is -2.47. The Morgan fingerprint density at radius 1 is 1.08 bits per heavy atom. The van der Waals surface area contributed by atoms with E-state index in [0.29, 0.717) is 37.2 Å². The third-order valence-corrected chi connectivity index (χ3v) is 9.31. The highest BCUT2D eigenvalue weighted by Gasteiger charge is 2.40. The van der Waals surface area contributed by atoms with Crippen LogP contribution in [0.15, 0.2) is 12.1 Å². The molecule has 1 N–H and O–H groups in total. The van der Waals surface area contributed by atoms with Crippen molar-refractivity contribution in [2.24, 2.45) is 23.2 Å². The molecule has 3 aliphatic rings. The van der Waals surface area contributed by atoms with Crippen LogP contribution in [-0.2, 0) is 20.7 Å². The van der Waals surface area contributed by atoms with Crippen molar-refractivity contribution in [3.8, 4) is 11.5 Å². The second kappa shape index (κ2) is 12.7. The lowest BCUT2D eigenvalue weighted by atomic mass is 9.69. The number of hydrogen-bond donors (Lipinski definition) is 1. The number of ether oxygens (including phenoxy) is 3. The van der Waals surface area contributed by atoms with Crippen molar-refractivity contribution in [1.29, 1.82) is 0 Å². The van der Waals surface area contributed by atoms with E-state index in [9.17, 15) is 14.7 Å². The maximum atomic E-state index is 12.9. The number of carbonyl (C=O) groups excluding carboxylic acids is 1. The molecule has 1 saturated heterocycles. The molecule has 2 aliphatic heterocycles. The Bertz CT molecular complexity index is 969. The standard InChI is InChI=1S/C31H47NO6/c1-21(2)14-23-19-32-13-9-22-16-27(36-3)28(37-4)17-25(22)26(32)15-24(23)20-38-30(35)8-12-31(18-29(33)34)10-6-5-7-11-31/h16-17,21,23-24,26H,5-15,18-20H2,1-4H3,(H,33,34)/t23-,24+,26-/m1/s1. The van der Waals surface area contributed by atoms with Crippen LogP contribution >= 0.6 is 0 Å². The number of fused-ring (bicyclic) bond motifs is 3. The van der Waals surface area contributed by atoms with Gasteiger partial charge in [0.05, 0.1) is 27.2 Å². The average Bonchev–Trinajstić information content (AvgIpc) is 2.89. The van der Waals surface area contributed by atoms with E-state index < -0.39 is 5.97 Å². The summed E-state index contributed by atoms with van der Waals surface area (Å²) in [4.78, 5) is 27.0. The van der Waals surface area contributed by atoms with E-state index in [0.717, 1.165) is 76.0 Å². The van der Waals surface area contributed by atoms with Crippen molar-refractivity contribution in [3.05, 3.63) is 23.3 Å². The Labute approximate surface area is 228 Å². The van der Waals surface area contributed by atoms with Crippen molar-refractivity contribution in [2.45, 2.75) is 90.5 Å². The van der Waals surface area contributed by atoms with E-state index in [1.807, 2.05) is 0 Å². The second-order valence-electron chi connectivity index (χ2n) is 12.4. The Hall–Kier alpha value is -2.28. The van der Waals surface area contributed by atoms with E-state index in [4.69, 9.17) is 14.2 Å². The van der Waals surface area contributed by atoms with Gasteiger partial charge >= 0.3 is 11.9 Å². The molecular weight excluding hydrogens is 482 g/mol. The predicted molar refractivity (Wildman–Crippen MR) is 147 cm³/mol. The lowest BCUT2D eigenvalue weighted by molar-refractivity contribution is -0.149. The van der Waals surface area contributed by atoms with Gasteiger partial charge in [0.1, 0.15) is 0 Å². The highest BCUT2D eigenvalue weighted by Crippen LogP contribution is 2.46. The molecule has 0 radical (unpaired) electrons. The first-order valence-electron chi connectivity index (χ1n) is 14.6. The summed E-state index contributed by atoms with van der Waals surface area (Å²) in [5, 5.41) is 9.46. The summed E-state index contributed by atoms with van der Waals surface area (Å²) < 4.78 is 17.1. The SMILES string of the molecule is COc1cc2c(cc1OC)[C@H]1C[C@@H](COC(=O)CCC3(CC(=O)O)CCCCC3)[C@H](CC(C)C)CN1CC2. The van der Waals surface area contributed by atoms with Crippen molar-refractivity contribution in [1.82, 2.24) is 4.90 Å². The van der Waals surface area contributed by atoms with Gasteiger partial charge in [0, 0.05) is 25.6 Å². The monoisotopic (exact) mass is 529 g/mol. The van der Waals surface area contributed by atoms with Gasteiger partial charge < -0.3 is 19.3 Å². The van der Waals surface area contributed by atoms with Crippen molar-refractivity contribution < 1.29 is 28.9 Å². The normalized spacial score (nSPS) is 24.8. The van der Waals surface area contributed by atoms with Gasteiger partial charge in [-0.3, -0.25) is 14.5 Å². The molecule has 7 nitrogen and oxygen atoms in total. The first-order chi connectivity index (χ1) is 18.2. The van der Waals surface area contributed by atoms with Gasteiger partial charge in [-0.2, -0.15) is 0 Å². The zero-order chi connectivity index (χ0) is 27.3. The maximum absolute atomic E-state index is 12.9. The number of methoxy groups -OCH3 is 2. The minimum atomic E-state index is -0.759. The molecule has 38 heavy (non-hydrogen) atoms. The molecule has 2 fully saturated rings. The van der Waals surface area contributed by atoms with Crippen LogP contribution in [0, 0.1) is 23.2 Å². The summed E-state index contributed by atoms with van der Waals surface area (Å²) in [6, 6.07) is 4.55. The van der Waals surface area contributed by atoms with Crippen LogP contribution in [0.2, 0.25) is 0 Å². The van der Waals surface area contributed by atoms with E-state index in [-0.39, 0.29) is 23.8 Å². The minimum absolute atomic E-state index is 0.157. The topological polar surface area (TPSA) is 85.3 Å². The smallest absolute Gasteiger partial charge is 0.305 e. The average molecular weight is 530 g/mol. The summed E-state index contributed by atoms with van der Waals surface area (Å²) in [5.74, 6) is 1.96. The number of hydrogen-bond acceptors (Lipinski definition) is 6. The van der Waals surface area contributed by atoms with Crippen LogP contribution < -0.4 is 9.47 Å². The fraction of sp³-hybridized carbons (Fsp3) is 0.742. The molecule has 0 amide bonds. The van der Waals surface area contributed by atoms with Crippen molar-refractivity contribution in [2.75, 3.05) is 33.9 Å². The summed E-state index contributed by atoms with van der Waals surface area (Å²) in [6.45, 7) is 7.02. The fourth-order valence-corrected chi connectivity index (χ4v) is 7.36. The molecule has 3 atom stereocenters. The summed E-state index contributed by atoms with van der Waals surface area (Å²) >= 11 is 0. The number of aliphatic carboxylic acids is 1. The van der Waals surface area contributed by atoms with E-state index in [1.54, 1.807) is 14.2 Å². The maximum Gasteiger partial charge on any atom is 0.305 e. The highest BCUT2D eigenvalue weighted by atomic mass is 16.5. The Balaban J connectivity index is 1.43. The van der Waals surface area contributed by atoms with E-state index in [2.05, 4.69) is 30.9 Å². The molecule has 1 saturated carbocycles. The first kappa shape index (κ1) is 28.7. The number of carboxylic acid groups (broad SMARTS) is 1. The number of nitrogens with zero attached hydrogens (tertiary/aromatic N) is 1. The molecule has 4 rings (SSSR count). The molecule has 1 aliphatic carbocycles. The third-order valence-electron chi connectivity index (χ3n) is 9.31. The number of benzene rings is 1. The molecule has 0 bridgehead atoms. The summed E-state index contributed by atoms with van der Waals surface area (Å²) in [7, 11) is 3.36. The Morgan fingerprint density at radius 3 is 2.45 bits per heavy atom. The third kappa shape index (κ3) is 6.83. The van der Waals surface area contributed by atoms with E-state index in [1.165, 1.54) is 11.1 Å². The predicted octanol–water partition coefficient (Wildman–Crippen LogP) is 6.03. The van der Waals surface area contributed by atoms with Gasteiger partial charge in [-0.1, -0.05) is 33.1 Å². The Kier molecular flexibility index (Phi) is 9.61. The van der Waals surface area contributed by atoms with Gasteiger partial charge in [0.25, 0.3) is 0 Å². The van der Waals surface area contributed by atoms with Crippen molar-refractivity contribution in [3.63, 3.8) is 0 Å². The fourth-order valence-electron chi connectivity index (χ4n) is 7.36. The van der Waals surface area contributed by atoms with Gasteiger partial charge in [0.2, 0.25) is 0 Å². The molecule has 2 heterocycles. The van der Waals surface area contributed by atoms with Crippen molar-refractivity contribution >= 4 is 11.9 Å². The van der Waals surface area contributed by atoms with Crippen LogP contribution in [0.1, 0.15) is 95.2 Å². The second-order valence-corrected chi connectivity index (χ2v) is 12.4. The Morgan fingerprint density at radius 2 is 1.79 bits per heavy atom. The van der Waals surface area contributed by atoms with Crippen LogP contribution in [0.3, 0.4) is 0 Å². The number of carbonyl (C=O) groups is 2. The molecule has 0 aromatic heterocycles. The van der Waals surface area contributed by atoms with Crippen LogP contribution in [0.25, 0.3) is 0 Å². The molecular formula is C31H47NO6. The first-order valence-corrected chi connectivity index (χ1v) is 14.6. The van der Waals surface area contributed by atoms with Crippen LogP contribution in [-0.4, -0.2) is 55.9 Å². The molecule has 0 spiro atoms. The number of piperidine rings is 1. The highest BCUT2D eigenvalue weighted by molar-refractivity contribution is 5.70. The largest absolute Gasteiger partial charge is 0.493 e. The number of carboxylic acids is 1. The molecule has 0 unspecified atom stereocenters. The molecule has 1 aromatic carbocycles.